The molecule has 1 aliphatic heterocycles. The van der Waals surface area contributed by atoms with Gasteiger partial charge in [-0.3, -0.25) is 0 Å². The largest absolute Gasteiger partial charge is 0.354 e. The molecular formula is C26H24N6S2. The van der Waals surface area contributed by atoms with Crippen molar-refractivity contribution in [3.63, 3.8) is 0 Å². The number of azo groups is 1. The number of aromatic nitrogens is 1. The Bertz CT molecular complexity index is 1490. The van der Waals surface area contributed by atoms with Crippen LogP contribution in [0.3, 0.4) is 0 Å². The molecule has 0 unspecified atom stereocenters. The van der Waals surface area contributed by atoms with Crippen LogP contribution >= 0.6 is 23.1 Å². The average molecular weight is 485 g/mol. The second kappa shape index (κ2) is 9.40. The Morgan fingerprint density at radius 1 is 0.882 bits per heavy atom. The van der Waals surface area contributed by atoms with Gasteiger partial charge in [0.15, 0.2) is 5.00 Å². The molecular weight excluding hydrogens is 460 g/mol. The number of anilines is 2. The van der Waals surface area contributed by atoms with Gasteiger partial charge in [-0.05, 0) is 62.7 Å². The molecule has 1 aromatic heterocycles. The lowest BCUT2D eigenvalue weighted by molar-refractivity contribution is 0.819. The molecule has 6 nitrogen and oxygen atoms in total. The van der Waals surface area contributed by atoms with Gasteiger partial charge in [0, 0.05) is 16.8 Å². The van der Waals surface area contributed by atoms with E-state index in [2.05, 4.69) is 69.1 Å². The number of benzene rings is 3. The van der Waals surface area contributed by atoms with E-state index >= 15 is 0 Å². The summed E-state index contributed by atoms with van der Waals surface area (Å²) in [4.78, 5) is 3.21. The summed E-state index contributed by atoms with van der Waals surface area (Å²) in [5.74, 6) is 0. The molecule has 3 aromatic carbocycles. The van der Waals surface area contributed by atoms with E-state index in [1.807, 2.05) is 55.8 Å². The zero-order valence-electron chi connectivity index (χ0n) is 19.4. The SMILES string of the molecule is CC(=NN=c1sc(N=Nc2ccc(C)cc2)c(C)n1C)c1ccc2c(c1)Nc1ccccc1S2. The molecule has 0 spiro atoms. The highest BCUT2D eigenvalue weighted by Gasteiger charge is 2.16. The molecule has 0 aliphatic carbocycles. The van der Waals surface area contributed by atoms with E-state index in [4.69, 9.17) is 0 Å². The molecule has 0 saturated heterocycles. The number of nitrogens with one attached hydrogen (secondary N) is 1. The van der Waals surface area contributed by atoms with Gasteiger partial charge >= 0.3 is 0 Å². The fourth-order valence-electron chi connectivity index (χ4n) is 3.45. The normalized spacial score (nSPS) is 13.6. The molecule has 4 aromatic rings. The third-order valence-corrected chi connectivity index (χ3v) is 7.90. The zero-order chi connectivity index (χ0) is 23.7. The molecule has 1 N–H and O–H groups in total. The number of fused-ring (bicyclic) bond motifs is 2. The molecule has 5 rings (SSSR count). The fourth-order valence-corrected chi connectivity index (χ4v) is 5.31. The second-order valence-corrected chi connectivity index (χ2v) is 10.1. The number of hydrogen-bond donors (Lipinski definition) is 1. The number of thiazole rings is 1. The molecule has 0 saturated carbocycles. The standard InChI is InChI=1S/C26H24N6S2/c1-16-9-12-20(13-10-16)29-30-25-18(3)32(4)26(34-25)31-28-17(2)19-11-14-24-22(15-19)27-21-7-5-6-8-23(21)33-24/h5-15,27H,1-4H3. The fraction of sp³-hybridized carbons (Fsp3) is 0.154. The predicted molar refractivity (Wildman–Crippen MR) is 141 cm³/mol. The van der Waals surface area contributed by atoms with E-state index < -0.39 is 0 Å². The number of aryl methyl sites for hydroxylation is 1. The van der Waals surface area contributed by atoms with Crippen molar-refractivity contribution in [1.82, 2.24) is 4.57 Å². The lowest BCUT2D eigenvalue weighted by Gasteiger charge is -2.21. The number of nitrogens with zero attached hydrogens (tertiary/aromatic N) is 5. The Balaban J connectivity index is 1.39. The van der Waals surface area contributed by atoms with Crippen molar-refractivity contribution in [1.29, 1.82) is 0 Å². The third-order valence-electron chi connectivity index (χ3n) is 5.64. The van der Waals surface area contributed by atoms with E-state index in [1.54, 1.807) is 11.8 Å². The first-order valence-corrected chi connectivity index (χ1v) is 12.5. The highest BCUT2D eigenvalue weighted by Crippen LogP contribution is 2.44. The minimum atomic E-state index is 0.773. The predicted octanol–water partition coefficient (Wildman–Crippen LogP) is 7.65. The zero-order valence-corrected chi connectivity index (χ0v) is 21.0. The van der Waals surface area contributed by atoms with Crippen LogP contribution in [0.2, 0.25) is 0 Å². The first-order chi connectivity index (χ1) is 16.5. The molecule has 34 heavy (non-hydrogen) atoms. The molecule has 8 heteroatoms. The molecule has 2 heterocycles. The Morgan fingerprint density at radius 2 is 1.65 bits per heavy atom. The maximum atomic E-state index is 4.53. The van der Waals surface area contributed by atoms with Gasteiger partial charge < -0.3 is 9.88 Å². The Kier molecular flexibility index (Phi) is 6.17. The molecule has 0 atom stereocenters. The van der Waals surface area contributed by atoms with Gasteiger partial charge in [0.1, 0.15) is 0 Å². The summed E-state index contributed by atoms with van der Waals surface area (Å²) >= 11 is 3.25. The molecule has 170 valence electrons. The van der Waals surface area contributed by atoms with Crippen molar-refractivity contribution < 1.29 is 0 Å². The summed E-state index contributed by atoms with van der Waals surface area (Å²) in [6.07, 6.45) is 0. The van der Waals surface area contributed by atoms with E-state index in [0.29, 0.717) is 0 Å². The molecule has 0 bridgehead atoms. The molecule has 1 aliphatic rings. The van der Waals surface area contributed by atoms with Crippen LogP contribution in [0.4, 0.5) is 22.1 Å². The summed E-state index contributed by atoms with van der Waals surface area (Å²) in [5.41, 5.74) is 7.13. The average Bonchev–Trinajstić information content (AvgIpc) is 3.13. The smallest absolute Gasteiger partial charge is 0.212 e. The lowest BCUT2D eigenvalue weighted by atomic mass is 10.1. The van der Waals surface area contributed by atoms with Crippen LogP contribution in [-0.2, 0) is 7.05 Å². The lowest BCUT2D eigenvalue weighted by Crippen LogP contribution is -2.11. The van der Waals surface area contributed by atoms with Crippen LogP contribution in [0.25, 0.3) is 0 Å². The number of hydrogen-bond acceptors (Lipinski definition) is 7. The van der Waals surface area contributed by atoms with Gasteiger partial charge in [-0.1, -0.05) is 59.0 Å². The highest BCUT2D eigenvalue weighted by molar-refractivity contribution is 7.99. The van der Waals surface area contributed by atoms with Gasteiger partial charge in [-0.2, -0.15) is 5.10 Å². The van der Waals surface area contributed by atoms with E-state index in [-0.39, 0.29) is 0 Å². The van der Waals surface area contributed by atoms with Crippen LogP contribution in [0, 0.1) is 13.8 Å². The summed E-state index contributed by atoms with van der Waals surface area (Å²) in [6, 6.07) is 22.7. The summed E-state index contributed by atoms with van der Waals surface area (Å²) in [7, 11) is 1.97. The van der Waals surface area contributed by atoms with Crippen molar-refractivity contribution in [2.75, 3.05) is 5.32 Å². The minimum absolute atomic E-state index is 0.773. The third kappa shape index (κ3) is 4.60. The van der Waals surface area contributed by atoms with Gasteiger partial charge in [0.05, 0.1) is 28.5 Å². The molecule has 0 amide bonds. The molecule has 0 radical (unpaired) electrons. The monoisotopic (exact) mass is 484 g/mol. The van der Waals surface area contributed by atoms with Crippen molar-refractivity contribution in [3.05, 3.63) is 88.4 Å². The summed E-state index contributed by atoms with van der Waals surface area (Å²) in [5, 5.41) is 22.2. The van der Waals surface area contributed by atoms with Crippen molar-refractivity contribution in [2.24, 2.45) is 27.5 Å². The van der Waals surface area contributed by atoms with Gasteiger partial charge in [0.2, 0.25) is 4.80 Å². The van der Waals surface area contributed by atoms with E-state index in [1.165, 1.54) is 26.7 Å². The minimum Gasteiger partial charge on any atom is -0.354 e. The van der Waals surface area contributed by atoms with E-state index in [9.17, 15) is 0 Å². The summed E-state index contributed by atoms with van der Waals surface area (Å²) in [6.45, 7) is 6.05. The second-order valence-electron chi connectivity index (χ2n) is 8.09. The van der Waals surface area contributed by atoms with Crippen LogP contribution in [-0.4, -0.2) is 10.3 Å². The topological polar surface area (TPSA) is 66.4 Å². The summed E-state index contributed by atoms with van der Waals surface area (Å²) < 4.78 is 1.99. The van der Waals surface area contributed by atoms with Gasteiger partial charge in [-0.15, -0.1) is 15.3 Å². The van der Waals surface area contributed by atoms with Crippen molar-refractivity contribution >= 4 is 50.9 Å². The van der Waals surface area contributed by atoms with Gasteiger partial charge in [-0.25, -0.2) is 0 Å². The maximum Gasteiger partial charge on any atom is 0.212 e. The van der Waals surface area contributed by atoms with Crippen LogP contribution in [0.15, 0.2) is 97.0 Å². The number of para-hydroxylation sites is 1. The Morgan fingerprint density at radius 3 is 2.47 bits per heavy atom. The Hall–Kier alpha value is -3.49. The Labute approximate surface area is 206 Å². The quantitative estimate of drug-likeness (QED) is 0.162. The first kappa shape index (κ1) is 22.3. The highest BCUT2D eigenvalue weighted by atomic mass is 32.2. The molecule has 0 fully saturated rings. The van der Waals surface area contributed by atoms with E-state index in [0.717, 1.165) is 43.8 Å². The first-order valence-electron chi connectivity index (χ1n) is 10.9. The van der Waals surface area contributed by atoms with Crippen molar-refractivity contribution in [3.8, 4) is 0 Å². The van der Waals surface area contributed by atoms with Crippen LogP contribution in [0.1, 0.15) is 23.7 Å². The van der Waals surface area contributed by atoms with Gasteiger partial charge in [0.25, 0.3) is 0 Å². The van der Waals surface area contributed by atoms with Crippen LogP contribution < -0.4 is 10.1 Å². The van der Waals surface area contributed by atoms with Crippen molar-refractivity contribution in [2.45, 2.75) is 30.6 Å². The maximum absolute atomic E-state index is 4.53. The number of rotatable bonds is 4. The van der Waals surface area contributed by atoms with Crippen LogP contribution in [0.5, 0.6) is 0 Å².